The molecule has 62 valence electrons. The van der Waals surface area contributed by atoms with Crippen molar-refractivity contribution in [2.24, 2.45) is 10.5 Å². The summed E-state index contributed by atoms with van der Waals surface area (Å²) in [5, 5.41) is 6.19. The first-order valence-electron chi connectivity index (χ1n) is 4.09. The molecule has 2 rings (SSSR count). The Balaban J connectivity index is 2.36. The minimum Gasteiger partial charge on any atom is -0.242 e. The predicted octanol–water partition coefficient (Wildman–Crippen LogP) is 2.28. The molecule has 0 aromatic carbocycles. The van der Waals surface area contributed by atoms with Gasteiger partial charge >= 0.3 is 0 Å². The quantitative estimate of drug-likeness (QED) is 0.530. The van der Waals surface area contributed by atoms with Crippen LogP contribution < -0.4 is 0 Å². The third kappa shape index (κ3) is 1.20. The molecule has 2 heterocycles. The van der Waals surface area contributed by atoms with Gasteiger partial charge in [-0.3, -0.25) is 0 Å². The van der Waals surface area contributed by atoms with Crippen molar-refractivity contribution in [2.45, 2.75) is 13.8 Å². The normalized spacial score (nSPS) is 23.8. The molecular weight excluding hydrogens is 148 g/mol. The molecule has 0 bridgehead atoms. The van der Waals surface area contributed by atoms with Crippen molar-refractivity contribution < 1.29 is 0 Å². The molecule has 12 heavy (non-hydrogen) atoms. The number of hydrazone groups is 1. The van der Waals surface area contributed by atoms with Crippen molar-refractivity contribution in [3.8, 4) is 0 Å². The van der Waals surface area contributed by atoms with Gasteiger partial charge in [0.2, 0.25) is 0 Å². The lowest BCUT2D eigenvalue weighted by Gasteiger charge is -2.27. The van der Waals surface area contributed by atoms with Gasteiger partial charge in [-0.15, -0.1) is 0 Å². The Morgan fingerprint density at radius 3 is 3.00 bits per heavy atom. The second kappa shape index (κ2) is 2.34. The van der Waals surface area contributed by atoms with Crippen LogP contribution in [0.25, 0.3) is 0 Å². The predicted molar refractivity (Wildman–Crippen MR) is 50.5 cm³/mol. The van der Waals surface area contributed by atoms with Crippen LogP contribution in [0.4, 0.5) is 0 Å². The molecule has 2 nitrogen and oxygen atoms in total. The summed E-state index contributed by atoms with van der Waals surface area (Å²) in [6.07, 6.45) is 12.2. The summed E-state index contributed by atoms with van der Waals surface area (Å²) in [5.74, 6) is 0. The number of rotatable bonds is 0. The molecule has 0 amide bonds. The summed E-state index contributed by atoms with van der Waals surface area (Å²) in [7, 11) is 0. The van der Waals surface area contributed by atoms with E-state index in [0.29, 0.717) is 0 Å². The first-order valence-corrected chi connectivity index (χ1v) is 4.09. The van der Waals surface area contributed by atoms with Gasteiger partial charge < -0.3 is 0 Å². The van der Waals surface area contributed by atoms with Crippen molar-refractivity contribution in [3.63, 3.8) is 0 Å². The molecule has 2 aliphatic heterocycles. The van der Waals surface area contributed by atoms with Gasteiger partial charge in [-0.2, -0.15) is 5.10 Å². The first-order chi connectivity index (χ1) is 5.67. The zero-order valence-electron chi connectivity index (χ0n) is 7.36. The van der Waals surface area contributed by atoms with E-state index in [-0.39, 0.29) is 5.41 Å². The topological polar surface area (TPSA) is 15.6 Å². The van der Waals surface area contributed by atoms with Crippen LogP contribution in [0.1, 0.15) is 13.8 Å². The van der Waals surface area contributed by atoms with Crippen molar-refractivity contribution >= 4 is 6.21 Å². The monoisotopic (exact) mass is 160 g/mol. The molecule has 2 heteroatoms. The molecule has 0 aromatic heterocycles. The molecule has 2 aliphatic rings. The van der Waals surface area contributed by atoms with Crippen molar-refractivity contribution in [3.05, 3.63) is 36.2 Å². The molecule has 0 fully saturated rings. The van der Waals surface area contributed by atoms with Gasteiger partial charge in [0.1, 0.15) is 0 Å². The van der Waals surface area contributed by atoms with E-state index in [0.717, 1.165) is 5.70 Å². The highest BCUT2D eigenvalue weighted by atomic mass is 15.4. The molecule has 0 N–H and O–H groups in total. The van der Waals surface area contributed by atoms with Crippen molar-refractivity contribution in [1.29, 1.82) is 0 Å². The number of hydrogen-bond acceptors (Lipinski definition) is 2. The number of nitrogens with zero attached hydrogens (tertiary/aromatic N) is 2. The van der Waals surface area contributed by atoms with E-state index in [1.54, 1.807) is 0 Å². The van der Waals surface area contributed by atoms with Gasteiger partial charge in [0.15, 0.2) is 0 Å². The van der Waals surface area contributed by atoms with Crippen LogP contribution in [0.5, 0.6) is 0 Å². The highest BCUT2D eigenvalue weighted by Gasteiger charge is 2.19. The Hall–Kier alpha value is -1.31. The average Bonchev–Trinajstić information content (AvgIpc) is 2.02. The van der Waals surface area contributed by atoms with Gasteiger partial charge in [0.25, 0.3) is 0 Å². The maximum atomic E-state index is 4.31. The highest BCUT2D eigenvalue weighted by Crippen LogP contribution is 2.26. The lowest BCUT2D eigenvalue weighted by molar-refractivity contribution is 0.470. The minimum absolute atomic E-state index is 0.0847. The lowest BCUT2D eigenvalue weighted by atomic mass is 9.92. The maximum absolute atomic E-state index is 4.31. The Kier molecular flexibility index (Phi) is 1.43. The smallest absolute Gasteiger partial charge is 0.0614 e. The maximum Gasteiger partial charge on any atom is 0.0614 e. The van der Waals surface area contributed by atoms with Crippen LogP contribution in [0.2, 0.25) is 0 Å². The Morgan fingerprint density at radius 2 is 2.17 bits per heavy atom. The van der Waals surface area contributed by atoms with Gasteiger partial charge in [-0.25, -0.2) is 5.01 Å². The van der Waals surface area contributed by atoms with Gasteiger partial charge in [0.05, 0.1) is 5.70 Å². The SMILES string of the molecule is CC1(C)C=NN2C=CC=CC2=C1. The first kappa shape index (κ1) is 7.35. The van der Waals surface area contributed by atoms with E-state index in [9.17, 15) is 0 Å². The summed E-state index contributed by atoms with van der Waals surface area (Å²) in [5.41, 5.74) is 1.24. The van der Waals surface area contributed by atoms with E-state index in [4.69, 9.17) is 0 Å². The molecule has 0 radical (unpaired) electrons. The molecule has 0 unspecified atom stereocenters. The third-order valence-corrected chi connectivity index (χ3v) is 1.90. The van der Waals surface area contributed by atoms with E-state index < -0.39 is 0 Å². The van der Waals surface area contributed by atoms with E-state index in [1.165, 1.54) is 0 Å². The highest BCUT2D eigenvalue weighted by molar-refractivity contribution is 5.69. The van der Waals surface area contributed by atoms with E-state index in [1.807, 2.05) is 29.6 Å². The summed E-state index contributed by atoms with van der Waals surface area (Å²) in [4.78, 5) is 0. The number of hydrogen-bond donors (Lipinski definition) is 0. The van der Waals surface area contributed by atoms with Gasteiger partial charge in [-0.05, 0) is 18.2 Å². The van der Waals surface area contributed by atoms with Crippen molar-refractivity contribution in [2.75, 3.05) is 0 Å². The van der Waals surface area contributed by atoms with Crippen LogP contribution in [0.3, 0.4) is 0 Å². The van der Waals surface area contributed by atoms with Crippen LogP contribution in [-0.2, 0) is 0 Å². The molecule has 0 aliphatic carbocycles. The average molecular weight is 160 g/mol. The molecule has 0 spiro atoms. The molecule has 0 saturated heterocycles. The summed E-state index contributed by atoms with van der Waals surface area (Å²) >= 11 is 0. The fourth-order valence-corrected chi connectivity index (χ4v) is 1.30. The van der Waals surface area contributed by atoms with Crippen LogP contribution in [-0.4, -0.2) is 11.2 Å². The molecule has 0 atom stereocenters. The number of fused-ring (bicyclic) bond motifs is 1. The lowest BCUT2D eigenvalue weighted by Crippen LogP contribution is -2.23. The molecule has 0 aromatic rings. The Bertz CT molecular complexity index is 306. The van der Waals surface area contributed by atoms with E-state index in [2.05, 4.69) is 31.1 Å². The van der Waals surface area contributed by atoms with Gasteiger partial charge in [-0.1, -0.05) is 19.9 Å². The zero-order valence-corrected chi connectivity index (χ0v) is 7.36. The second-order valence-electron chi connectivity index (χ2n) is 3.68. The summed E-state index contributed by atoms with van der Waals surface area (Å²) in [6, 6.07) is 0. The standard InChI is InChI=1S/C10H12N2/c1-10(2)7-9-5-3-4-6-12(9)11-8-10/h3-8H,1-2H3. The van der Waals surface area contributed by atoms with E-state index >= 15 is 0 Å². The number of allylic oxidation sites excluding steroid dienone is 4. The van der Waals surface area contributed by atoms with Crippen LogP contribution >= 0.6 is 0 Å². The Labute approximate surface area is 72.6 Å². The fourth-order valence-electron chi connectivity index (χ4n) is 1.30. The second-order valence-corrected chi connectivity index (χ2v) is 3.68. The third-order valence-electron chi connectivity index (χ3n) is 1.90. The Morgan fingerprint density at radius 1 is 1.33 bits per heavy atom. The van der Waals surface area contributed by atoms with Gasteiger partial charge in [0, 0.05) is 17.8 Å². The molecular formula is C10H12N2. The van der Waals surface area contributed by atoms with Crippen molar-refractivity contribution in [1.82, 2.24) is 5.01 Å². The minimum atomic E-state index is 0.0847. The summed E-state index contributed by atoms with van der Waals surface area (Å²) < 4.78 is 0. The summed E-state index contributed by atoms with van der Waals surface area (Å²) in [6.45, 7) is 4.29. The molecule has 0 saturated carbocycles. The fraction of sp³-hybridized carbons (Fsp3) is 0.300. The van der Waals surface area contributed by atoms with Crippen LogP contribution in [0.15, 0.2) is 41.3 Å². The largest absolute Gasteiger partial charge is 0.242 e. The van der Waals surface area contributed by atoms with Crippen LogP contribution in [0, 0.1) is 5.41 Å². The zero-order chi connectivity index (χ0) is 8.60.